The summed E-state index contributed by atoms with van der Waals surface area (Å²) in [7, 11) is 0. The Morgan fingerprint density at radius 1 is 1.31 bits per heavy atom. The summed E-state index contributed by atoms with van der Waals surface area (Å²) < 4.78 is 5.35. The molecule has 0 amide bonds. The van der Waals surface area contributed by atoms with Gasteiger partial charge in [0.25, 0.3) is 0 Å². The molecule has 0 aliphatic heterocycles. The Morgan fingerprint density at radius 3 is 2.54 bits per heavy atom. The topological polar surface area (TPSA) is 55.5 Å². The second-order valence-electron chi connectivity index (χ2n) is 2.73. The van der Waals surface area contributed by atoms with Crippen LogP contribution in [0.3, 0.4) is 0 Å². The van der Waals surface area contributed by atoms with Gasteiger partial charge >= 0.3 is 0 Å². The SMILES string of the molecule is NC[C@H](OCCO)c1ccccc1. The van der Waals surface area contributed by atoms with Gasteiger partial charge in [-0.3, -0.25) is 0 Å². The van der Waals surface area contributed by atoms with Crippen molar-refractivity contribution < 1.29 is 9.84 Å². The summed E-state index contributed by atoms with van der Waals surface area (Å²) in [5, 5.41) is 8.59. The molecule has 1 aromatic rings. The molecule has 0 heterocycles. The van der Waals surface area contributed by atoms with E-state index in [1.54, 1.807) is 0 Å². The Labute approximate surface area is 78.1 Å². The van der Waals surface area contributed by atoms with E-state index in [-0.39, 0.29) is 12.7 Å². The fourth-order valence-corrected chi connectivity index (χ4v) is 1.16. The van der Waals surface area contributed by atoms with Crippen LogP contribution in [0.4, 0.5) is 0 Å². The summed E-state index contributed by atoms with van der Waals surface area (Å²) in [5.41, 5.74) is 6.59. The summed E-state index contributed by atoms with van der Waals surface area (Å²) in [5.74, 6) is 0. The third-order valence-corrected chi connectivity index (χ3v) is 1.80. The molecule has 72 valence electrons. The monoisotopic (exact) mass is 181 g/mol. The molecule has 1 atom stereocenters. The number of nitrogens with two attached hydrogens (primary N) is 1. The second-order valence-corrected chi connectivity index (χ2v) is 2.73. The fraction of sp³-hybridized carbons (Fsp3) is 0.400. The molecule has 0 bridgehead atoms. The van der Waals surface area contributed by atoms with Crippen molar-refractivity contribution in [2.45, 2.75) is 6.10 Å². The van der Waals surface area contributed by atoms with Gasteiger partial charge in [0, 0.05) is 6.54 Å². The molecule has 3 nitrogen and oxygen atoms in total. The minimum Gasteiger partial charge on any atom is -0.394 e. The Balaban J connectivity index is 2.56. The first kappa shape index (κ1) is 10.2. The van der Waals surface area contributed by atoms with Crippen molar-refractivity contribution in [1.29, 1.82) is 0 Å². The standard InChI is InChI=1S/C10H15NO2/c11-8-10(13-7-6-12)9-4-2-1-3-5-9/h1-5,10,12H,6-8,11H2/t10-/m0/s1. The van der Waals surface area contributed by atoms with Crippen LogP contribution < -0.4 is 5.73 Å². The summed E-state index contributed by atoms with van der Waals surface area (Å²) in [6, 6.07) is 9.77. The maximum atomic E-state index is 8.59. The third kappa shape index (κ3) is 3.14. The smallest absolute Gasteiger partial charge is 0.0948 e. The van der Waals surface area contributed by atoms with E-state index in [0.29, 0.717) is 13.2 Å². The van der Waals surface area contributed by atoms with E-state index in [1.807, 2.05) is 30.3 Å². The van der Waals surface area contributed by atoms with E-state index in [2.05, 4.69) is 0 Å². The minimum absolute atomic E-state index is 0.0311. The van der Waals surface area contributed by atoms with Crippen LogP contribution in [-0.2, 0) is 4.74 Å². The molecule has 0 aromatic heterocycles. The summed E-state index contributed by atoms with van der Waals surface area (Å²) >= 11 is 0. The summed E-state index contributed by atoms with van der Waals surface area (Å²) in [6.07, 6.45) is -0.103. The number of ether oxygens (including phenoxy) is 1. The highest BCUT2D eigenvalue weighted by Gasteiger charge is 2.07. The van der Waals surface area contributed by atoms with Crippen molar-refractivity contribution >= 4 is 0 Å². The predicted molar refractivity (Wildman–Crippen MR) is 51.3 cm³/mol. The lowest BCUT2D eigenvalue weighted by Crippen LogP contribution is -2.17. The zero-order valence-corrected chi connectivity index (χ0v) is 7.52. The molecule has 1 rings (SSSR count). The molecule has 0 saturated heterocycles. The first-order valence-corrected chi connectivity index (χ1v) is 4.36. The number of hydrogen-bond acceptors (Lipinski definition) is 3. The normalized spacial score (nSPS) is 12.8. The van der Waals surface area contributed by atoms with Crippen LogP contribution >= 0.6 is 0 Å². The van der Waals surface area contributed by atoms with Gasteiger partial charge < -0.3 is 15.6 Å². The van der Waals surface area contributed by atoms with Crippen LogP contribution in [0.1, 0.15) is 11.7 Å². The highest BCUT2D eigenvalue weighted by Crippen LogP contribution is 2.14. The van der Waals surface area contributed by atoms with E-state index in [0.717, 1.165) is 5.56 Å². The largest absolute Gasteiger partial charge is 0.394 e. The average molecular weight is 181 g/mol. The van der Waals surface area contributed by atoms with Crippen molar-refractivity contribution in [3.05, 3.63) is 35.9 Å². The van der Waals surface area contributed by atoms with Crippen LogP contribution in [0.5, 0.6) is 0 Å². The lowest BCUT2D eigenvalue weighted by molar-refractivity contribution is 0.0329. The Kier molecular flexibility index (Phi) is 4.46. The number of benzene rings is 1. The van der Waals surface area contributed by atoms with Crippen LogP contribution in [0.15, 0.2) is 30.3 Å². The second kappa shape index (κ2) is 5.70. The molecule has 0 aliphatic carbocycles. The lowest BCUT2D eigenvalue weighted by atomic mass is 10.1. The minimum atomic E-state index is -0.103. The van der Waals surface area contributed by atoms with Gasteiger partial charge in [-0.15, -0.1) is 0 Å². The lowest BCUT2D eigenvalue weighted by Gasteiger charge is -2.15. The van der Waals surface area contributed by atoms with Crippen molar-refractivity contribution in [2.75, 3.05) is 19.8 Å². The molecule has 0 radical (unpaired) electrons. The van der Waals surface area contributed by atoms with Crippen LogP contribution in [0, 0.1) is 0 Å². The molecule has 0 fully saturated rings. The zero-order chi connectivity index (χ0) is 9.52. The van der Waals surface area contributed by atoms with E-state index < -0.39 is 0 Å². The molecular weight excluding hydrogens is 166 g/mol. The van der Waals surface area contributed by atoms with Gasteiger partial charge in [0.2, 0.25) is 0 Å². The zero-order valence-electron chi connectivity index (χ0n) is 7.52. The van der Waals surface area contributed by atoms with E-state index in [4.69, 9.17) is 15.6 Å². The van der Waals surface area contributed by atoms with Crippen LogP contribution in [0.2, 0.25) is 0 Å². The summed E-state index contributed by atoms with van der Waals surface area (Å²) in [4.78, 5) is 0. The predicted octanol–water partition coefficient (Wildman–Crippen LogP) is 0.695. The molecule has 1 aromatic carbocycles. The van der Waals surface area contributed by atoms with E-state index >= 15 is 0 Å². The van der Waals surface area contributed by atoms with Crippen molar-refractivity contribution in [1.82, 2.24) is 0 Å². The average Bonchev–Trinajstić information content (AvgIpc) is 2.21. The molecular formula is C10H15NO2. The third-order valence-electron chi connectivity index (χ3n) is 1.80. The van der Waals surface area contributed by atoms with E-state index in [9.17, 15) is 0 Å². The molecule has 0 saturated carbocycles. The van der Waals surface area contributed by atoms with Gasteiger partial charge in [0.05, 0.1) is 19.3 Å². The number of aliphatic hydroxyl groups is 1. The van der Waals surface area contributed by atoms with Gasteiger partial charge in [0.1, 0.15) is 0 Å². The van der Waals surface area contributed by atoms with Gasteiger partial charge in [-0.2, -0.15) is 0 Å². The highest BCUT2D eigenvalue weighted by atomic mass is 16.5. The van der Waals surface area contributed by atoms with Gasteiger partial charge in [-0.25, -0.2) is 0 Å². The quantitative estimate of drug-likeness (QED) is 0.703. The molecule has 0 unspecified atom stereocenters. The van der Waals surface area contributed by atoms with Gasteiger partial charge in [-0.05, 0) is 5.56 Å². The van der Waals surface area contributed by atoms with E-state index in [1.165, 1.54) is 0 Å². The number of hydrogen-bond donors (Lipinski definition) is 2. The molecule has 3 heteroatoms. The maximum Gasteiger partial charge on any atom is 0.0948 e. The van der Waals surface area contributed by atoms with Crippen LogP contribution in [-0.4, -0.2) is 24.9 Å². The molecule has 3 N–H and O–H groups in total. The van der Waals surface area contributed by atoms with Crippen molar-refractivity contribution in [2.24, 2.45) is 5.73 Å². The Bertz CT molecular complexity index is 226. The van der Waals surface area contributed by atoms with Crippen molar-refractivity contribution in [3.63, 3.8) is 0 Å². The van der Waals surface area contributed by atoms with Crippen molar-refractivity contribution in [3.8, 4) is 0 Å². The first-order valence-electron chi connectivity index (χ1n) is 4.36. The summed E-state index contributed by atoms with van der Waals surface area (Å²) in [6.45, 7) is 0.796. The number of rotatable bonds is 5. The molecule has 0 spiro atoms. The van der Waals surface area contributed by atoms with Gasteiger partial charge in [0.15, 0.2) is 0 Å². The molecule has 0 aliphatic rings. The highest BCUT2D eigenvalue weighted by molar-refractivity contribution is 5.17. The Hall–Kier alpha value is -0.900. The van der Waals surface area contributed by atoms with Crippen LogP contribution in [0.25, 0.3) is 0 Å². The fourth-order valence-electron chi connectivity index (χ4n) is 1.16. The maximum absolute atomic E-state index is 8.59. The Morgan fingerprint density at radius 2 is 2.00 bits per heavy atom. The first-order chi connectivity index (χ1) is 6.38. The number of aliphatic hydroxyl groups excluding tert-OH is 1. The van der Waals surface area contributed by atoms with Gasteiger partial charge in [-0.1, -0.05) is 30.3 Å². The molecule has 13 heavy (non-hydrogen) atoms.